The number of pyridine rings is 3. The van der Waals surface area contributed by atoms with Crippen LogP contribution in [-0.4, -0.2) is 19.9 Å². The zero-order valence-electron chi connectivity index (χ0n) is 14.9. The minimum absolute atomic E-state index is 0.134. The van der Waals surface area contributed by atoms with Crippen LogP contribution in [0.1, 0.15) is 56.0 Å². The van der Waals surface area contributed by atoms with Gasteiger partial charge in [-0.1, -0.05) is 18.2 Å². The Labute approximate surface area is 149 Å². The van der Waals surface area contributed by atoms with Crippen LogP contribution in [0.5, 0.6) is 0 Å². The van der Waals surface area contributed by atoms with E-state index in [1.807, 2.05) is 55.0 Å². The largest absolute Gasteiger partial charge is 0.278 e. The number of hydrogen-bond donors (Lipinski definition) is 0. The molecule has 0 amide bonds. The molecule has 0 saturated heterocycles. The Balaban J connectivity index is 1.99. The van der Waals surface area contributed by atoms with Crippen molar-refractivity contribution in [3.63, 3.8) is 0 Å². The predicted octanol–water partition coefficient (Wildman–Crippen LogP) is 4.76. The summed E-state index contributed by atoms with van der Waals surface area (Å²) in [5, 5.41) is 0. The molecule has 3 aromatic heterocycles. The summed E-state index contributed by atoms with van der Waals surface area (Å²) in [5.41, 5.74) is 3.15. The topological polar surface area (TPSA) is 41.9 Å². The van der Waals surface area contributed by atoms with Gasteiger partial charge in [-0.25, -0.2) is 0 Å². The van der Waals surface area contributed by atoms with Gasteiger partial charge in [0.05, 0.1) is 35.2 Å². The fourth-order valence-corrected chi connectivity index (χ4v) is 3.33. The van der Waals surface area contributed by atoms with Crippen molar-refractivity contribution in [3.05, 3.63) is 90.3 Å². The van der Waals surface area contributed by atoms with Gasteiger partial charge in [-0.3, -0.25) is 19.9 Å². The van der Waals surface area contributed by atoms with Crippen LogP contribution in [0, 0.1) is 0 Å². The molecule has 0 unspecified atom stereocenters. The van der Waals surface area contributed by atoms with Gasteiger partial charge in [-0.05, 0) is 57.2 Å². The lowest BCUT2D eigenvalue weighted by molar-refractivity contribution is 0.0959. The second kappa shape index (κ2) is 7.99. The maximum atomic E-state index is 4.57. The first-order valence-corrected chi connectivity index (χ1v) is 8.68. The first-order chi connectivity index (χ1) is 12.2. The maximum absolute atomic E-state index is 4.57. The smallest absolute Gasteiger partial charge is 0.0573 e. The molecule has 4 nitrogen and oxygen atoms in total. The summed E-state index contributed by atoms with van der Waals surface area (Å²) in [5.74, 6) is 0. The van der Waals surface area contributed by atoms with Crippen LogP contribution < -0.4 is 0 Å². The van der Waals surface area contributed by atoms with E-state index in [0.717, 1.165) is 17.1 Å². The fourth-order valence-electron chi connectivity index (χ4n) is 3.33. The van der Waals surface area contributed by atoms with Crippen LogP contribution in [0.4, 0.5) is 0 Å². The van der Waals surface area contributed by atoms with E-state index in [1.54, 1.807) is 0 Å². The summed E-state index contributed by atoms with van der Waals surface area (Å²) in [7, 11) is 0. The monoisotopic (exact) mass is 332 g/mol. The van der Waals surface area contributed by atoms with Gasteiger partial charge in [-0.15, -0.1) is 0 Å². The van der Waals surface area contributed by atoms with Crippen LogP contribution in [0.25, 0.3) is 0 Å². The summed E-state index contributed by atoms with van der Waals surface area (Å²) in [6.07, 6.45) is 5.54. The lowest BCUT2D eigenvalue weighted by Crippen LogP contribution is -2.34. The van der Waals surface area contributed by atoms with Crippen molar-refractivity contribution in [2.75, 3.05) is 0 Å². The number of hydrogen-bond acceptors (Lipinski definition) is 4. The third kappa shape index (κ3) is 3.91. The molecular weight excluding hydrogens is 308 g/mol. The van der Waals surface area contributed by atoms with E-state index >= 15 is 0 Å². The zero-order valence-corrected chi connectivity index (χ0v) is 14.9. The zero-order chi connectivity index (χ0) is 17.6. The van der Waals surface area contributed by atoms with Crippen LogP contribution in [-0.2, 0) is 0 Å². The molecule has 3 aromatic rings. The highest BCUT2D eigenvalue weighted by Gasteiger charge is 2.30. The maximum Gasteiger partial charge on any atom is 0.0573 e. The molecule has 128 valence electrons. The predicted molar refractivity (Wildman–Crippen MR) is 99.8 cm³/mol. The van der Waals surface area contributed by atoms with Gasteiger partial charge in [-0.2, -0.15) is 0 Å². The molecule has 25 heavy (non-hydrogen) atoms. The van der Waals surface area contributed by atoms with E-state index in [4.69, 9.17) is 0 Å². The lowest BCUT2D eigenvalue weighted by atomic mass is 10.0. The van der Waals surface area contributed by atoms with Gasteiger partial charge < -0.3 is 0 Å². The highest BCUT2D eigenvalue weighted by molar-refractivity contribution is 5.16. The van der Waals surface area contributed by atoms with E-state index in [0.29, 0.717) is 0 Å². The van der Waals surface area contributed by atoms with E-state index < -0.39 is 0 Å². The van der Waals surface area contributed by atoms with Gasteiger partial charge in [0.15, 0.2) is 0 Å². The summed E-state index contributed by atoms with van der Waals surface area (Å²) in [6, 6.07) is 18.6. The van der Waals surface area contributed by atoms with Crippen molar-refractivity contribution in [2.45, 2.75) is 38.9 Å². The molecule has 3 heterocycles. The van der Waals surface area contributed by atoms with E-state index in [2.05, 4.69) is 58.8 Å². The Kier molecular flexibility index (Phi) is 5.51. The molecule has 0 radical (unpaired) electrons. The average Bonchev–Trinajstić information content (AvgIpc) is 2.70. The molecule has 0 spiro atoms. The molecule has 0 aliphatic carbocycles. The second-order valence-corrected chi connectivity index (χ2v) is 6.24. The van der Waals surface area contributed by atoms with Crippen LogP contribution >= 0.6 is 0 Å². The van der Waals surface area contributed by atoms with Gasteiger partial charge >= 0.3 is 0 Å². The van der Waals surface area contributed by atoms with Crippen molar-refractivity contribution >= 4 is 0 Å². The molecule has 0 aliphatic rings. The highest BCUT2D eigenvalue weighted by Crippen LogP contribution is 2.36. The van der Waals surface area contributed by atoms with Gasteiger partial charge in [0.2, 0.25) is 0 Å². The van der Waals surface area contributed by atoms with Crippen LogP contribution in [0.2, 0.25) is 0 Å². The number of rotatable bonds is 6. The molecule has 0 aliphatic heterocycles. The Morgan fingerprint density at radius 3 is 1.12 bits per heavy atom. The first-order valence-electron chi connectivity index (χ1n) is 8.68. The molecule has 0 bridgehead atoms. The third-order valence-corrected chi connectivity index (χ3v) is 4.69. The second-order valence-electron chi connectivity index (χ2n) is 6.24. The molecule has 3 rings (SSSR count). The summed E-state index contributed by atoms with van der Waals surface area (Å²) >= 11 is 0. The van der Waals surface area contributed by atoms with Crippen molar-refractivity contribution in [3.8, 4) is 0 Å². The Morgan fingerprint density at radius 1 is 0.560 bits per heavy atom. The quantitative estimate of drug-likeness (QED) is 0.653. The van der Waals surface area contributed by atoms with Crippen LogP contribution in [0.15, 0.2) is 73.2 Å². The molecule has 4 heteroatoms. The average molecular weight is 332 g/mol. The van der Waals surface area contributed by atoms with Crippen molar-refractivity contribution in [2.24, 2.45) is 0 Å². The van der Waals surface area contributed by atoms with Crippen molar-refractivity contribution < 1.29 is 0 Å². The Hall–Kier alpha value is -2.59. The van der Waals surface area contributed by atoms with E-state index in [-0.39, 0.29) is 18.1 Å². The first kappa shape index (κ1) is 17.2. The molecule has 0 aromatic carbocycles. The number of aromatic nitrogens is 3. The van der Waals surface area contributed by atoms with Gasteiger partial charge in [0.1, 0.15) is 0 Å². The fraction of sp³-hybridized carbons (Fsp3) is 0.286. The molecule has 0 fully saturated rings. The summed E-state index contributed by atoms with van der Waals surface area (Å²) in [6.45, 7) is 6.59. The lowest BCUT2D eigenvalue weighted by Gasteiger charge is -2.38. The summed E-state index contributed by atoms with van der Waals surface area (Å²) in [4.78, 5) is 16.1. The normalized spacial score (nSPS) is 14.9. The van der Waals surface area contributed by atoms with Crippen LogP contribution in [0.3, 0.4) is 0 Å². The molecule has 3 atom stereocenters. The van der Waals surface area contributed by atoms with E-state index in [1.165, 1.54) is 0 Å². The standard InChI is InChI=1S/C21H24N4/c1-16(19-10-4-7-13-22-19)25(17(2)20-11-5-8-14-23-20)18(3)21-12-6-9-15-24-21/h4-18H,1-3H3/t16-,17-,18-/m1/s1. The molecular formula is C21H24N4. The minimum atomic E-state index is 0.134. The summed E-state index contributed by atoms with van der Waals surface area (Å²) < 4.78 is 0. The van der Waals surface area contributed by atoms with Gasteiger partial charge in [0.25, 0.3) is 0 Å². The van der Waals surface area contributed by atoms with Crippen molar-refractivity contribution in [1.29, 1.82) is 0 Å². The highest BCUT2D eigenvalue weighted by atomic mass is 15.2. The Morgan fingerprint density at radius 2 is 0.880 bits per heavy atom. The van der Waals surface area contributed by atoms with Gasteiger partial charge in [0, 0.05) is 18.6 Å². The van der Waals surface area contributed by atoms with E-state index in [9.17, 15) is 0 Å². The number of nitrogens with zero attached hydrogens (tertiary/aromatic N) is 4. The minimum Gasteiger partial charge on any atom is -0.278 e. The molecule has 0 saturated carbocycles. The third-order valence-electron chi connectivity index (χ3n) is 4.69. The van der Waals surface area contributed by atoms with Crippen molar-refractivity contribution in [1.82, 2.24) is 19.9 Å². The SMILES string of the molecule is C[C@H](c1ccccn1)N([C@H](C)c1ccccn1)[C@H](C)c1ccccn1. The Bertz CT molecular complexity index is 654. The molecule has 0 N–H and O–H groups in total.